The Morgan fingerprint density at radius 3 is 2.82 bits per heavy atom. The molecule has 3 N–H and O–H groups in total. The van der Waals surface area contributed by atoms with Crippen molar-refractivity contribution in [2.24, 2.45) is 0 Å². The van der Waals surface area contributed by atoms with Gasteiger partial charge in [0.2, 0.25) is 0 Å². The summed E-state index contributed by atoms with van der Waals surface area (Å²) in [6.45, 7) is 4.66. The quantitative estimate of drug-likeness (QED) is 0.460. The molecule has 0 spiro atoms. The number of hydrogen-bond donors (Lipinski definition) is 2. The van der Waals surface area contributed by atoms with Crippen LogP contribution in [-0.4, -0.2) is 22.5 Å². The number of ether oxygens (including phenoxy) is 1. The molecule has 0 bridgehead atoms. The number of aryl methyl sites for hydroxylation is 1. The number of rotatable bonds is 6. The fourth-order valence-corrected chi connectivity index (χ4v) is 4.87. The fourth-order valence-electron chi connectivity index (χ4n) is 2.97. The van der Waals surface area contributed by atoms with Gasteiger partial charge in [-0.3, -0.25) is 10.1 Å². The van der Waals surface area contributed by atoms with Gasteiger partial charge < -0.3 is 10.5 Å². The number of benzene rings is 1. The molecule has 4 aromatic rings. The number of fused-ring (bicyclic) bond motifs is 2. The SMILES string of the molecule is CCCc1ccc2c(N)c(C(=O)Nc3nc4ccc(OCC)cc4s3)sc2n1. The minimum absolute atomic E-state index is 0.262. The van der Waals surface area contributed by atoms with Gasteiger partial charge in [-0.1, -0.05) is 24.7 Å². The van der Waals surface area contributed by atoms with Crippen LogP contribution in [0.15, 0.2) is 30.3 Å². The average Bonchev–Trinajstić information content (AvgIpc) is 3.22. The summed E-state index contributed by atoms with van der Waals surface area (Å²) in [7, 11) is 0. The molecule has 0 unspecified atom stereocenters. The lowest BCUT2D eigenvalue weighted by Crippen LogP contribution is -2.11. The number of carbonyl (C=O) groups excluding carboxylic acids is 1. The standard InChI is InChI=1S/C20H20N4O2S2/c1-3-5-11-6-8-13-16(21)17(28-19(13)22-11)18(25)24-20-23-14-9-7-12(26-4-2)10-15(14)27-20/h6-10H,3-5,21H2,1-2H3,(H,23,24,25). The first-order chi connectivity index (χ1) is 13.6. The molecule has 0 aliphatic heterocycles. The Balaban J connectivity index is 1.61. The molecule has 0 aliphatic rings. The molecule has 3 aromatic heterocycles. The summed E-state index contributed by atoms with van der Waals surface area (Å²) < 4.78 is 6.47. The number of thiophene rings is 1. The summed E-state index contributed by atoms with van der Waals surface area (Å²) in [5, 5.41) is 4.22. The van der Waals surface area contributed by atoms with E-state index in [0.29, 0.717) is 22.3 Å². The molecule has 1 aromatic carbocycles. The summed E-state index contributed by atoms with van der Waals surface area (Å²) in [5.74, 6) is 0.529. The molecule has 0 saturated heterocycles. The minimum Gasteiger partial charge on any atom is -0.494 e. The molecular formula is C20H20N4O2S2. The molecule has 0 aliphatic carbocycles. The highest BCUT2D eigenvalue weighted by Gasteiger charge is 2.19. The van der Waals surface area contributed by atoms with E-state index in [0.717, 1.165) is 44.7 Å². The van der Waals surface area contributed by atoms with Crippen molar-refractivity contribution in [1.82, 2.24) is 9.97 Å². The number of anilines is 2. The van der Waals surface area contributed by atoms with Crippen molar-refractivity contribution in [1.29, 1.82) is 0 Å². The maximum atomic E-state index is 12.8. The van der Waals surface area contributed by atoms with Crippen molar-refractivity contribution in [2.75, 3.05) is 17.7 Å². The molecule has 1 amide bonds. The van der Waals surface area contributed by atoms with Gasteiger partial charge in [-0.15, -0.1) is 11.3 Å². The topological polar surface area (TPSA) is 90.1 Å². The number of nitrogen functional groups attached to an aromatic ring is 1. The number of aromatic nitrogens is 2. The zero-order chi connectivity index (χ0) is 19.7. The summed E-state index contributed by atoms with van der Waals surface area (Å²) in [5.41, 5.74) is 8.52. The smallest absolute Gasteiger partial charge is 0.269 e. The van der Waals surface area contributed by atoms with Gasteiger partial charge >= 0.3 is 0 Å². The second-order valence-electron chi connectivity index (χ2n) is 6.29. The minimum atomic E-state index is -0.262. The Bertz CT molecular complexity index is 1170. The van der Waals surface area contributed by atoms with Crippen LogP contribution in [0.2, 0.25) is 0 Å². The lowest BCUT2D eigenvalue weighted by atomic mass is 10.2. The highest BCUT2D eigenvalue weighted by atomic mass is 32.1. The normalized spacial score (nSPS) is 11.2. The zero-order valence-corrected chi connectivity index (χ0v) is 17.2. The molecule has 28 heavy (non-hydrogen) atoms. The number of hydrogen-bond acceptors (Lipinski definition) is 7. The summed E-state index contributed by atoms with van der Waals surface area (Å²) in [6.07, 6.45) is 1.93. The number of nitrogens with one attached hydrogen (secondary N) is 1. The predicted molar refractivity (Wildman–Crippen MR) is 117 cm³/mol. The van der Waals surface area contributed by atoms with Gasteiger partial charge in [0.05, 0.1) is 22.5 Å². The number of nitrogens with zero attached hydrogens (tertiary/aromatic N) is 2. The maximum Gasteiger partial charge on any atom is 0.269 e. The largest absolute Gasteiger partial charge is 0.494 e. The van der Waals surface area contributed by atoms with Crippen LogP contribution in [0.5, 0.6) is 5.75 Å². The zero-order valence-electron chi connectivity index (χ0n) is 15.6. The van der Waals surface area contributed by atoms with E-state index in [1.54, 1.807) is 0 Å². The molecule has 8 heteroatoms. The predicted octanol–water partition coefficient (Wildman–Crippen LogP) is 5.09. The lowest BCUT2D eigenvalue weighted by molar-refractivity contribution is 0.103. The average molecular weight is 413 g/mol. The van der Waals surface area contributed by atoms with Crippen molar-refractivity contribution >= 4 is 59.8 Å². The third-order valence-corrected chi connectivity index (χ3v) is 6.30. The van der Waals surface area contributed by atoms with E-state index in [4.69, 9.17) is 10.5 Å². The van der Waals surface area contributed by atoms with Gasteiger partial charge in [-0.2, -0.15) is 0 Å². The van der Waals surface area contributed by atoms with E-state index in [1.165, 1.54) is 22.7 Å². The second kappa shape index (κ2) is 7.73. The van der Waals surface area contributed by atoms with Crippen LogP contribution < -0.4 is 15.8 Å². The second-order valence-corrected chi connectivity index (χ2v) is 8.32. The Kier molecular flexibility index (Phi) is 5.15. The summed E-state index contributed by atoms with van der Waals surface area (Å²) in [6, 6.07) is 9.61. The van der Waals surface area contributed by atoms with Gasteiger partial charge in [0.1, 0.15) is 15.5 Å². The van der Waals surface area contributed by atoms with Crippen LogP contribution in [-0.2, 0) is 6.42 Å². The first-order valence-corrected chi connectivity index (χ1v) is 10.7. The van der Waals surface area contributed by atoms with Crippen LogP contribution >= 0.6 is 22.7 Å². The number of pyridine rings is 1. The van der Waals surface area contributed by atoms with Crippen molar-refractivity contribution in [3.8, 4) is 5.75 Å². The van der Waals surface area contributed by atoms with Crippen LogP contribution in [0.4, 0.5) is 10.8 Å². The highest BCUT2D eigenvalue weighted by molar-refractivity contribution is 7.23. The molecule has 0 atom stereocenters. The van der Waals surface area contributed by atoms with E-state index < -0.39 is 0 Å². The molecular weight excluding hydrogens is 392 g/mol. The van der Waals surface area contributed by atoms with Gasteiger partial charge in [-0.05, 0) is 43.7 Å². The maximum absolute atomic E-state index is 12.8. The van der Waals surface area contributed by atoms with Crippen LogP contribution in [0, 0.1) is 0 Å². The first-order valence-electron chi connectivity index (χ1n) is 9.11. The van der Waals surface area contributed by atoms with Gasteiger partial charge in [0.15, 0.2) is 5.13 Å². The number of carbonyl (C=O) groups is 1. The number of thiazole rings is 1. The molecule has 144 valence electrons. The first kappa shape index (κ1) is 18.6. The van der Waals surface area contributed by atoms with Crippen LogP contribution in [0.25, 0.3) is 20.4 Å². The van der Waals surface area contributed by atoms with E-state index >= 15 is 0 Å². The molecule has 4 rings (SSSR count). The fraction of sp³-hybridized carbons (Fsp3) is 0.250. The van der Waals surface area contributed by atoms with Crippen molar-refractivity contribution in [3.05, 3.63) is 40.9 Å². The Morgan fingerprint density at radius 2 is 2.04 bits per heavy atom. The molecule has 0 fully saturated rings. The molecule has 0 radical (unpaired) electrons. The van der Waals surface area contributed by atoms with Crippen molar-refractivity contribution in [2.45, 2.75) is 26.7 Å². The van der Waals surface area contributed by atoms with E-state index in [1.807, 2.05) is 37.3 Å². The molecule has 3 heterocycles. The van der Waals surface area contributed by atoms with E-state index in [9.17, 15) is 4.79 Å². The Morgan fingerprint density at radius 1 is 1.18 bits per heavy atom. The lowest BCUT2D eigenvalue weighted by Gasteiger charge is -2.00. The highest BCUT2D eigenvalue weighted by Crippen LogP contribution is 2.34. The van der Waals surface area contributed by atoms with Crippen molar-refractivity contribution < 1.29 is 9.53 Å². The Labute approximate surface area is 170 Å². The third-order valence-electron chi connectivity index (χ3n) is 4.26. The van der Waals surface area contributed by atoms with Gasteiger partial charge in [0.25, 0.3) is 5.91 Å². The Hall–Kier alpha value is -2.71. The monoisotopic (exact) mass is 412 g/mol. The number of nitrogens with two attached hydrogens (primary N) is 1. The van der Waals surface area contributed by atoms with Crippen molar-refractivity contribution in [3.63, 3.8) is 0 Å². The third kappa shape index (κ3) is 3.53. The molecule has 6 nitrogen and oxygen atoms in total. The van der Waals surface area contributed by atoms with E-state index in [2.05, 4.69) is 22.2 Å². The van der Waals surface area contributed by atoms with Gasteiger partial charge in [-0.25, -0.2) is 9.97 Å². The molecule has 0 saturated carbocycles. The summed E-state index contributed by atoms with van der Waals surface area (Å²) in [4.78, 5) is 23.2. The van der Waals surface area contributed by atoms with Crippen LogP contribution in [0.3, 0.4) is 0 Å². The number of amides is 1. The van der Waals surface area contributed by atoms with E-state index in [-0.39, 0.29) is 5.91 Å². The summed E-state index contributed by atoms with van der Waals surface area (Å²) >= 11 is 2.72. The van der Waals surface area contributed by atoms with Gasteiger partial charge in [0, 0.05) is 11.1 Å². The van der Waals surface area contributed by atoms with Crippen LogP contribution in [0.1, 0.15) is 35.6 Å².